The molecule has 2 rings (SSSR count). The van der Waals surface area contributed by atoms with E-state index < -0.39 is 35.8 Å². The molecular formula is C11H16N2O5. The third-order valence-electron chi connectivity index (χ3n) is 3.15. The summed E-state index contributed by atoms with van der Waals surface area (Å²) in [5.41, 5.74) is -0.654. The van der Waals surface area contributed by atoms with Crippen molar-refractivity contribution in [3.63, 3.8) is 0 Å². The van der Waals surface area contributed by atoms with Crippen molar-refractivity contribution in [1.29, 1.82) is 0 Å². The average Bonchev–Trinajstić information content (AvgIpc) is 2.30. The van der Waals surface area contributed by atoms with Gasteiger partial charge >= 0.3 is 5.69 Å². The molecule has 4 unspecified atom stereocenters. The maximum Gasteiger partial charge on any atom is 0.330 e. The van der Waals surface area contributed by atoms with Crippen LogP contribution in [0.3, 0.4) is 0 Å². The molecule has 1 aromatic rings. The summed E-state index contributed by atoms with van der Waals surface area (Å²) in [6, 6.07) is 0. The molecular weight excluding hydrogens is 240 g/mol. The standard InChI is InChI=1S/C11H16N2O5/c1-5-4-13(11(17)12-10(5)16)8-3-7(14)9(15)6(2)18-8/h4,6-9,14-15H,3H2,1-2H3,(H,12,16,17). The van der Waals surface area contributed by atoms with Gasteiger partial charge in [0.05, 0.1) is 12.2 Å². The summed E-state index contributed by atoms with van der Waals surface area (Å²) in [6.45, 7) is 3.19. The normalized spacial score (nSPS) is 32.4. The zero-order chi connectivity index (χ0) is 13.4. The number of hydrogen-bond donors (Lipinski definition) is 3. The topological polar surface area (TPSA) is 105 Å². The number of nitrogens with zero attached hydrogens (tertiary/aromatic N) is 1. The van der Waals surface area contributed by atoms with Crippen molar-refractivity contribution >= 4 is 0 Å². The molecule has 3 N–H and O–H groups in total. The number of aryl methyl sites for hydroxylation is 1. The Balaban J connectivity index is 2.36. The Morgan fingerprint density at radius 2 is 2.11 bits per heavy atom. The zero-order valence-electron chi connectivity index (χ0n) is 10.2. The van der Waals surface area contributed by atoms with Gasteiger partial charge in [0.25, 0.3) is 5.56 Å². The van der Waals surface area contributed by atoms with Gasteiger partial charge in [0, 0.05) is 18.2 Å². The van der Waals surface area contributed by atoms with Gasteiger partial charge in [0.1, 0.15) is 12.3 Å². The summed E-state index contributed by atoms with van der Waals surface area (Å²) in [5.74, 6) is 0. The average molecular weight is 256 g/mol. The predicted molar refractivity (Wildman–Crippen MR) is 62.3 cm³/mol. The van der Waals surface area contributed by atoms with Crippen molar-refractivity contribution in [2.75, 3.05) is 0 Å². The molecule has 1 aliphatic heterocycles. The monoisotopic (exact) mass is 256 g/mol. The van der Waals surface area contributed by atoms with E-state index in [1.807, 2.05) is 0 Å². The molecule has 18 heavy (non-hydrogen) atoms. The highest BCUT2D eigenvalue weighted by atomic mass is 16.5. The molecule has 4 atom stereocenters. The smallest absolute Gasteiger partial charge is 0.330 e. The summed E-state index contributed by atoms with van der Waals surface area (Å²) >= 11 is 0. The molecule has 100 valence electrons. The maximum atomic E-state index is 11.7. The lowest BCUT2D eigenvalue weighted by Gasteiger charge is -2.36. The van der Waals surface area contributed by atoms with E-state index >= 15 is 0 Å². The summed E-state index contributed by atoms with van der Waals surface area (Å²) in [5, 5.41) is 19.2. The quantitative estimate of drug-likeness (QED) is 0.590. The Hall–Kier alpha value is -1.44. The number of aliphatic hydroxyl groups is 2. The van der Waals surface area contributed by atoms with E-state index in [1.165, 1.54) is 10.8 Å². The lowest BCUT2D eigenvalue weighted by Crippen LogP contribution is -2.47. The fourth-order valence-electron chi connectivity index (χ4n) is 2.02. The summed E-state index contributed by atoms with van der Waals surface area (Å²) < 4.78 is 6.69. The number of aromatic nitrogens is 2. The highest BCUT2D eigenvalue weighted by molar-refractivity contribution is 5.01. The van der Waals surface area contributed by atoms with Crippen LogP contribution < -0.4 is 11.2 Å². The second-order valence-electron chi connectivity index (χ2n) is 4.57. The molecule has 0 radical (unpaired) electrons. The lowest BCUT2D eigenvalue weighted by molar-refractivity contribution is -0.185. The van der Waals surface area contributed by atoms with E-state index in [9.17, 15) is 19.8 Å². The Bertz CT molecular complexity index is 537. The second-order valence-corrected chi connectivity index (χ2v) is 4.57. The molecule has 0 aromatic carbocycles. The number of ether oxygens (including phenoxy) is 1. The fourth-order valence-corrected chi connectivity index (χ4v) is 2.02. The first kappa shape index (κ1) is 13.0. The molecule has 1 saturated heterocycles. The van der Waals surface area contributed by atoms with Crippen LogP contribution >= 0.6 is 0 Å². The van der Waals surface area contributed by atoms with Gasteiger partial charge in [-0.15, -0.1) is 0 Å². The summed E-state index contributed by atoms with van der Waals surface area (Å²) in [4.78, 5) is 25.1. The number of nitrogens with one attached hydrogen (secondary N) is 1. The van der Waals surface area contributed by atoms with E-state index in [2.05, 4.69) is 4.98 Å². The Kier molecular flexibility index (Phi) is 3.38. The van der Waals surface area contributed by atoms with Crippen LogP contribution in [0, 0.1) is 6.92 Å². The van der Waals surface area contributed by atoms with Gasteiger partial charge in [-0.2, -0.15) is 0 Å². The van der Waals surface area contributed by atoms with Gasteiger partial charge in [0.15, 0.2) is 0 Å². The van der Waals surface area contributed by atoms with Gasteiger partial charge in [-0.1, -0.05) is 0 Å². The molecule has 0 amide bonds. The lowest BCUT2D eigenvalue weighted by atomic mass is 10.0. The van der Waals surface area contributed by atoms with Gasteiger partial charge < -0.3 is 14.9 Å². The van der Waals surface area contributed by atoms with Crippen molar-refractivity contribution in [2.45, 2.75) is 44.8 Å². The van der Waals surface area contributed by atoms with E-state index in [1.54, 1.807) is 13.8 Å². The minimum atomic E-state index is -0.971. The number of H-pyrrole nitrogens is 1. The SMILES string of the molecule is Cc1cn(C2CC(O)C(O)C(C)O2)c(=O)[nH]c1=O. The van der Waals surface area contributed by atoms with Crippen molar-refractivity contribution in [1.82, 2.24) is 9.55 Å². The van der Waals surface area contributed by atoms with Crippen LogP contribution in [0.5, 0.6) is 0 Å². The minimum Gasteiger partial charge on any atom is -0.390 e. The van der Waals surface area contributed by atoms with Crippen LogP contribution in [0.15, 0.2) is 15.8 Å². The zero-order valence-corrected chi connectivity index (χ0v) is 10.2. The molecule has 0 spiro atoms. The molecule has 7 nitrogen and oxygen atoms in total. The molecule has 1 aliphatic rings. The second kappa shape index (κ2) is 4.68. The minimum absolute atomic E-state index is 0.0941. The highest BCUT2D eigenvalue weighted by Gasteiger charge is 2.35. The third-order valence-corrected chi connectivity index (χ3v) is 3.15. The fraction of sp³-hybridized carbons (Fsp3) is 0.636. The first-order valence-electron chi connectivity index (χ1n) is 5.74. The number of aliphatic hydroxyl groups excluding tert-OH is 2. The molecule has 0 aliphatic carbocycles. The number of hydrogen-bond acceptors (Lipinski definition) is 5. The summed E-state index contributed by atoms with van der Waals surface area (Å²) in [6.07, 6.45) is -1.72. The molecule has 1 aromatic heterocycles. The molecule has 0 bridgehead atoms. The van der Waals surface area contributed by atoms with Crippen LogP contribution in [0.1, 0.15) is 25.1 Å². The van der Waals surface area contributed by atoms with Crippen molar-refractivity contribution < 1.29 is 14.9 Å². The van der Waals surface area contributed by atoms with Crippen LogP contribution in [0.25, 0.3) is 0 Å². The largest absolute Gasteiger partial charge is 0.390 e. The highest BCUT2D eigenvalue weighted by Crippen LogP contribution is 2.26. The Morgan fingerprint density at radius 1 is 1.44 bits per heavy atom. The predicted octanol–water partition coefficient (Wildman–Crippen LogP) is -1.13. The van der Waals surface area contributed by atoms with Gasteiger partial charge in [-0.25, -0.2) is 4.79 Å². The molecule has 0 saturated carbocycles. The van der Waals surface area contributed by atoms with Crippen molar-refractivity contribution in [3.05, 3.63) is 32.6 Å². The Labute approximate surface area is 103 Å². The van der Waals surface area contributed by atoms with E-state index in [0.29, 0.717) is 5.56 Å². The van der Waals surface area contributed by atoms with Crippen LogP contribution in [-0.4, -0.2) is 38.1 Å². The van der Waals surface area contributed by atoms with Gasteiger partial charge in [-0.3, -0.25) is 14.3 Å². The molecule has 1 fully saturated rings. The molecule has 7 heteroatoms. The van der Waals surface area contributed by atoms with E-state index in [-0.39, 0.29) is 6.42 Å². The van der Waals surface area contributed by atoms with E-state index in [4.69, 9.17) is 4.74 Å². The van der Waals surface area contributed by atoms with Crippen molar-refractivity contribution in [3.8, 4) is 0 Å². The molecule has 2 heterocycles. The number of rotatable bonds is 1. The Morgan fingerprint density at radius 3 is 2.72 bits per heavy atom. The summed E-state index contributed by atoms with van der Waals surface area (Å²) in [7, 11) is 0. The first-order valence-corrected chi connectivity index (χ1v) is 5.74. The maximum absolute atomic E-state index is 11.7. The van der Waals surface area contributed by atoms with Crippen LogP contribution in [0.4, 0.5) is 0 Å². The van der Waals surface area contributed by atoms with Gasteiger partial charge in [-0.05, 0) is 13.8 Å². The third kappa shape index (κ3) is 2.24. The van der Waals surface area contributed by atoms with Crippen molar-refractivity contribution in [2.24, 2.45) is 0 Å². The number of aromatic amines is 1. The first-order chi connectivity index (χ1) is 8.40. The van der Waals surface area contributed by atoms with Crippen LogP contribution in [-0.2, 0) is 4.74 Å². The van der Waals surface area contributed by atoms with Crippen LogP contribution in [0.2, 0.25) is 0 Å². The van der Waals surface area contributed by atoms with Gasteiger partial charge in [0.2, 0.25) is 0 Å². The van der Waals surface area contributed by atoms with E-state index in [0.717, 1.165) is 0 Å².